The fourth-order valence-corrected chi connectivity index (χ4v) is 9.39. The van der Waals surface area contributed by atoms with E-state index in [1.165, 1.54) is 50.5 Å². The highest BCUT2D eigenvalue weighted by atomic mass is 16.5. The van der Waals surface area contributed by atoms with Gasteiger partial charge in [-0.05, 0) is 118 Å². The smallest absolute Gasteiger partial charge is 0.0880 e. The summed E-state index contributed by atoms with van der Waals surface area (Å²) < 4.78 is 6.97. The van der Waals surface area contributed by atoms with Crippen molar-refractivity contribution in [3.8, 4) is 0 Å². The van der Waals surface area contributed by atoms with E-state index in [-0.39, 0.29) is 11.7 Å². The molecule has 4 aliphatic rings. The molecule has 0 aromatic heterocycles. The lowest BCUT2D eigenvalue weighted by Crippen LogP contribution is -2.63. The second-order valence-electron chi connectivity index (χ2n) is 14.4. The SMILES string of the molecule is C=C1CCCC(C)(C)[C@@H]1CC[C@](C)(O)[C@@H]1CCC2[C@@](C)(CC[C@H]3C(C)(C)CCC[C@]23C)O1. The van der Waals surface area contributed by atoms with Crippen LogP contribution in [-0.2, 0) is 4.74 Å². The Morgan fingerprint density at radius 2 is 1.59 bits per heavy atom. The van der Waals surface area contributed by atoms with Crippen LogP contribution < -0.4 is 0 Å². The molecule has 1 aliphatic heterocycles. The highest BCUT2D eigenvalue weighted by Crippen LogP contribution is 2.65. The summed E-state index contributed by atoms with van der Waals surface area (Å²) in [4.78, 5) is 0. The van der Waals surface area contributed by atoms with Crippen molar-refractivity contribution in [2.45, 2.75) is 143 Å². The molecule has 1 N–H and O–H groups in total. The summed E-state index contributed by atoms with van der Waals surface area (Å²) in [5.74, 6) is 1.95. The molecule has 32 heavy (non-hydrogen) atoms. The number of hydrogen-bond acceptors (Lipinski definition) is 2. The molecule has 0 aromatic rings. The first kappa shape index (κ1) is 24.8. The molecule has 7 atom stereocenters. The molecule has 2 nitrogen and oxygen atoms in total. The molecule has 0 radical (unpaired) electrons. The summed E-state index contributed by atoms with van der Waals surface area (Å²) in [7, 11) is 0. The van der Waals surface area contributed by atoms with Crippen LogP contribution in [0.15, 0.2) is 12.2 Å². The highest BCUT2D eigenvalue weighted by Gasteiger charge is 2.61. The van der Waals surface area contributed by atoms with E-state index in [0.717, 1.165) is 38.0 Å². The molecular formula is C30H52O2. The van der Waals surface area contributed by atoms with E-state index in [0.29, 0.717) is 28.1 Å². The minimum atomic E-state index is -0.759. The van der Waals surface area contributed by atoms with E-state index >= 15 is 0 Å². The lowest BCUT2D eigenvalue weighted by molar-refractivity contribution is -0.266. The van der Waals surface area contributed by atoms with Crippen LogP contribution in [0.5, 0.6) is 0 Å². The Kier molecular flexibility index (Phi) is 6.28. The van der Waals surface area contributed by atoms with Gasteiger partial charge in [0.15, 0.2) is 0 Å². The van der Waals surface area contributed by atoms with E-state index in [9.17, 15) is 5.11 Å². The Balaban J connectivity index is 1.46. The Bertz CT molecular complexity index is 718. The second kappa shape index (κ2) is 8.11. The van der Waals surface area contributed by atoms with Gasteiger partial charge in [-0.2, -0.15) is 0 Å². The van der Waals surface area contributed by atoms with Gasteiger partial charge in [-0.1, -0.05) is 53.2 Å². The Labute approximate surface area is 199 Å². The van der Waals surface area contributed by atoms with Crippen LogP contribution in [0.3, 0.4) is 0 Å². The summed E-state index contributed by atoms with van der Waals surface area (Å²) in [6, 6.07) is 0. The van der Waals surface area contributed by atoms with Crippen molar-refractivity contribution in [2.24, 2.45) is 34.0 Å². The first-order valence-corrected chi connectivity index (χ1v) is 13.8. The van der Waals surface area contributed by atoms with Crippen LogP contribution in [0.25, 0.3) is 0 Å². The zero-order chi connectivity index (χ0) is 23.6. The molecule has 4 rings (SSSR count). The van der Waals surface area contributed by atoms with Crippen LogP contribution in [0.2, 0.25) is 0 Å². The lowest BCUT2D eigenvalue weighted by Gasteiger charge is -2.64. The maximum atomic E-state index is 11.7. The van der Waals surface area contributed by atoms with E-state index in [2.05, 4.69) is 55.0 Å². The molecule has 1 heterocycles. The average molecular weight is 445 g/mol. The molecule has 0 aromatic carbocycles. The van der Waals surface area contributed by atoms with Gasteiger partial charge in [-0.3, -0.25) is 0 Å². The standard InChI is InChI=1S/C30H52O2/c1-21-11-9-16-26(2,3)22(21)14-19-29(7,31)25-13-12-24-28(6)18-10-17-27(4,5)23(28)15-20-30(24,8)32-25/h22-25,31H,1,9-20H2,2-8H3/t22-,23+,24?,25+,28+,29+,30-/m1/s1. The molecule has 1 saturated heterocycles. The van der Waals surface area contributed by atoms with Crippen LogP contribution in [0.1, 0.15) is 126 Å². The van der Waals surface area contributed by atoms with E-state index in [1.54, 1.807) is 0 Å². The van der Waals surface area contributed by atoms with Gasteiger partial charge in [0.1, 0.15) is 0 Å². The predicted octanol–water partition coefficient (Wildman–Crippen LogP) is 8.08. The number of hydrogen-bond donors (Lipinski definition) is 1. The van der Waals surface area contributed by atoms with Crippen molar-refractivity contribution < 1.29 is 9.84 Å². The first-order valence-electron chi connectivity index (χ1n) is 13.8. The van der Waals surface area contributed by atoms with Gasteiger partial charge in [0.05, 0.1) is 17.3 Å². The van der Waals surface area contributed by atoms with Crippen LogP contribution >= 0.6 is 0 Å². The lowest BCUT2D eigenvalue weighted by atomic mass is 9.44. The van der Waals surface area contributed by atoms with Crippen molar-refractivity contribution in [1.82, 2.24) is 0 Å². The predicted molar refractivity (Wildman–Crippen MR) is 135 cm³/mol. The maximum Gasteiger partial charge on any atom is 0.0880 e. The van der Waals surface area contributed by atoms with Gasteiger partial charge in [0.25, 0.3) is 0 Å². The van der Waals surface area contributed by atoms with Crippen molar-refractivity contribution in [3.63, 3.8) is 0 Å². The summed E-state index contributed by atoms with van der Waals surface area (Å²) in [6.07, 6.45) is 14.2. The van der Waals surface area contributed by atoms with Gasteiger partial charge >= 0.3 is 0 Å². The Hall–Kier alpha value is -0.340. The number of rotatable bonds is 4. The molecule has 0 amide bonds. The maximum absolute atomic E-state index is 11.7. The quantitative estimate of drug-likeness (QED) is 0.444. The first-order chi connectivity index (χ1) is 14.7. The van der Waals surface area contributed by atoms with E-state index in [4.69, 9.17) is 4.74 Å². The van der Waals surface area contributed by atoms with Crippen LogP contribution in [0, 0.1) is 34.0 Å². The van der Waals surface area contributed by atoms with Gasteiger partial charge in [-0.15, -0.1) is 0 Å². The van der Waals surface area contributed by atoms with Crippen LogP contribution in [0.4, 0.5) is 0 Å². The number of allylic oxidation sites excluding steroid dienone is 1. The largest absolute Gasteiger partial charge is 0.387 e. The third kappa shape index (κ3) is 4.15. The summed E-state index contributed by atoms with van der Waals surface area (Å²) >= 11 is 0. The van der Waals surface area contributed by atoms with Gasteiger partial charge < -0.3 is 9.84 Å². The summed E-state index contributed by atoms with van der Waals surface area (Å²) in [5, 5.41) is 11.7. The van der Waals surface area contributed by atoms with Crippen molar-refractivity contribution >= 4 is 0 Å². The van der Waals surface area contributed by atoms with E-state index < -0.39 is 5.60 Å². The van der Waals surface area contributed by atoms with Gasteiger partial charge in [0, 0.05) is 0 Å². The molecule has 0 bridgehead atoms. The fraction of sp³-hybridized carbons (Fsp3) is 0.933. The van der Waals surface area contributed by atoms with Crippen molar-refractivity contribution in [3.05, 3.63) is 12.2 Å². The molecule has 2 heteroatoms. The minimum Gasteiger partial charge on any atom is -0.387 e. The summed E-state index contributed by atoms with van der Waals surface area (Å²) in [6.45, 7) is 21.2. The normalized spacial score (nSPS) is 45.4. The molecule has 3 aliphatic carbocycles. The van der Waals surface area contributed by atoms with Crippen LogP contribution in [-0.4, -0.2) is 22.4 Å². The van der Waals surface area contributed by atoms with E-state index in [1.807, 2.05) is 0 Å². The molecule has 1 unspecified atom stereocenters. The monoisotopic (exact) mass is 444 g/mol. The third-order valence-corrected chi connectivity index (χ3v) is 11.3. The molecule has 184 valence electrons. The molecule has 3 saturated carbocycles. The number of aliphatic hydroxyl groups is 1. The third-order valence-electron chi connectivity index (χ3n) is 11.3. The van der Waals surface area contributed by atoms with Crippen molar-refractivity contribution in [2.75, 3.05) is 0 Å². The Morgan fingerprint density at radius 1 is 0.906 bits per heavy atom. The molecular weight excluding hydrogens is 392 g/mol. The Morgan fingerprint density at radius 3 is 2.28 bits per heavy atom. The zero-order valence-corrected chi connectivity index (χ0v) is 22.4. The molecule has 4 fully saturated rings. The fourth-order valence-electron chi connectivity index (χ4n) is 9.39. The topological polar surface area (TPSA) is 29.5 Å². The van der Waals surface area contributed by atoms with Crippen molar-refractivity contribution in [1.29, 1.82) is 0 Å². The molecule has 0 spiro atoms. The zero-order valence-electron chi connectivity index (χ0n) is 22.4. The highest BCUT2D eigenvalue weighted by molar-refractivity contribution is 5.12. The second-order valence-corrected chi connectivity index (χ2v) is 14.4. The number of ether oxygens (including phenoxy) is 1. The van der Waals surface area contributed by atoms with Gasteiger partial charge in [-0.25, -0.2) is 0 Å². The van der Waals surface area contributed by atoms with Gasteiger partial charge in [0.2, 0.25) is 0 Å². The number of fused-ring (bicyclic) bond motifs is 3. The average Bonchev–Trinajstić information content (AvgIpc) is 2.65. The summed E-state index contributed by atoms with van der Waals surface area (Å²) in [5.41, 5.74) is 1.70. The minimum absolute atomic E-state index is 0.0412.